The number of carbonyl (C=O) groups is 2. The molecule has 0 radical (unpaired) electrons. The number of amides is 1. The first-order valence-electron chi connectivity index (χ1n) is 8.79. The molecule has 0 bridgehead atoms. The minimum absolute atomic E-state index is 0.237. The van der Waals surface area contributed by atoms with Gasteiger partial charge in [-0.1, -0.05) is 36.0 Å². The Morgan fingerprint density at radius 2 is 1.90 bits per heavy atom. The quantitative estimate of drug-likeness (QED) is 0.474. The summed E-state index contributed by atoms with van der Waals surface area (Å²) >= 11 is 1.46. The molecular weight excluding hydrogens is 390 g/mol. The summed E-state index contributed by atoms with van der Waals surface area (Å²) in [4.78, 5) is 29.1. The Hall–Kier alpha value is -3.26. The average Bonchev–Trinajstić information content (AvgIpc) is 3.21. The van der Waals surface area contributed by atoms with E-state index in [-0.39, 0.29) is 12.5 Å². The van der Waals surface area contributed by atoms with Gasteiger partial charge in [-0.05, 0) is 36.1 Å². The van der Waals surface area contributed by atoms with E-state index >= 15 is 0 Å². The maximum Gasteiger partial charge on any atom is 0.341 e. The lowest BCUT2D eigenvalue weighted by Crippen LogP contribution is -2.25. The molecule has 2 aromatic carbocycles. The third-order valence-electron chi connectivity index (χ3n) is 4.28. The Labute approximate surface area is 173 Å². The van der Waals surface area contributed by atoms with E-state index in [1.807, 2.05) is 41.2 Å². The fourth-order valence-corrected chi connectivity index (χ4v) is 3.42. The number of nitrogens with one attached hydrogen (secondary N) is 1. The SMILES string of the molecule is COC(=O)c1cc(CNC(=O)c2cnc(SC)n2-c2ccccc2)ccc1OC. The van der Waals surface area contributed by atoms with Crippen LogP contribution >= 0.6 is 11.8 Å². The van der Waals surface area contributed by atoms with E-state index in [0.717, 1.165) is 16.4 Å². The number of esters is 1. The van der Waals surface area contributed by atoms with E-state index in [9.17, 15) is 9.59 Å². The second-order valence-electron chi connectivity index (χ2n) is 6.01. The van der Waals surface area contributed by atoms with Crippen LogP contribution in [0.25, 0.3) is 5.69 Å². The second kappa shape index (κ2) is 9.29. The van der Waals surface area contributed by atoms with Gasteiger partial charge in [0.05, 0.1) is 20.4 Å². The number of para-hydroxylation sites is 1. The number of carbonyl (C=O) groups excluding carboxylic acids is 2. The predicted molar refractivity (Wildman–Crippen MR) is 111 cm³/mol. The van der Waals surface area contributed by atoms with Gasteiger partial charge in [-0.25, -0.2) is 9.78 Å². The molecular formula is C21H21N3O4S. The van der Waals surface area contributed by atoms with Gasteiger partial charge in [0.15, 0.2) is 5.16 Å². The Bertz CT molecular complexity index is 1020. The highest BCUT2D eigenvalue weighted by Gasteiger charge is 2.18. The summed E-state index contributed by atoms with van der Waals surface area (Å²) in [7, 11) is 2.79. The van der Waals surface area contributed by atoms with E-state index in [0.29, 0.717) is 17.0 Å². The Morgan fingerprint density at radius 1 is 1.14 bits per heavy atom. The smallest absolute Gasteiger partial charge is 0.341 e. The van der Waals surface area contributed by atoms with Crippen molar-refractivity contribution in [2.24, 2.45) is 0 Å². The fourth-order valence-electron chi connectivity index (χ4n) is 2.87. The van der Waals surface area contributed by atoms with Gasteiger partial charge in [0, 0.05) is 12.2 Å². The molecule has 8 heteroatoms. The molecule has 7 nitrogen and oxygen atoms in total. The normalized spacial score (nSPS) is 10.4. The monoisotopic (exact) mass is 411 g/mol. The van der Waals surface area contributed by atoms with E-state index in [1.54, 1.807) is 24.4 Å². The van der Waals surface area contributed by atoms with Crippen molar-refractivity contribution in [3.05, 3.63) is 71.5 Å². The lowest BCUT2D eigenvalue weighted by molar-refractivity contribution is 0.0597. The topological polar surface area (TPSA) is 82.5 Å². The standard InChI is InChI=1S/C21H21N3O4S/c1-27-18-10-9-14(11-16(18)20(26)28-2)12-22-19(25)17-13-23-21(29-3)24(17)15-7-5-4-6-8-15/h4-11,13H,12H2,1-3H3,(H,22,25). The molecule has 0 saturated carbocycles. The van der Waals surface area contributed by atoms with Crippen LogP contribution in [-0.2, 0) is 11.3 Å². The number of thioether (sulfide) groups is 1. The first-order chi connectivity index (χ1) is 14.1. The number of hydrogen-bond donors (Lipinski definition) is 1. The first kappa shape index (κ1) is 20.5. The molecule has 1 N–H and O–H groups in total. The summed E-state index contributed by atoms with van der Waals surface area (Å²) in [6, 6.07) is 14.7. The molecule has 0 aliphatic carbocycles. The molecule has 150 valence electrons. The molecule has 3 aromatic rings. The van der Waals surface area contributed by atoms with Crippen molar-refractivity contribution < 1.29 is 19.1 Å². The molecule has 0 atom stereocenters. The van der Waals surface area contributed by atoms with Crippen LogP contribution in [0.5, 0.6) is 5.75 Å². The Morgan fingerprint density at radius 3 is 2.55 bits per heavy atom. The first-order valence-corrected chi connectivity index (χ1v) is 10.0. The third kappa shape index (κ3) is 4.43. The number of ether oxygens (including phenoxy) is 2. The van der Waals surface area contributed by atoms with Gasteiger partial charge in [-0.3, -0.25) is 9.36 Å². The highest BCUT2D eigenvalue weighted by molar-refractivity contribution is 7.98. The molecule has 0 spiro atoms. The molecule has 29 heavy (non-hydrogen) atoms. The van der Waals surface area contributed by atoms with Crippen molar-refractivity contribution in [3.63, 3.8) is 0 Å². The van der Waals surface area contributed by atoms with Crippen molar-refractivity contribution in [2.45, 2.75) is 11.7 Å². The zero-order valence-electron chi connectivity index (χ0n) is 16.3. The van der Waals surface area contributed by atoms with Gasteiger partial charge >= 0.3 is 5.97 Å². The molecule has 1 heterocycles. The number of nitrogens with zero attached hydrogens (tertiary/aromatic N) is 2. The average molecular weight is 411 g/mol. The van der Waals surface area contributed by atoms with Crippen LogP contribution in [0.3, 0.4) is 0 Å². The minimum Gasteiger partial charge on any atom is -0.496 e. The Balaban J connectivity index is 1.82. The number of aromatic nitrogens is 2. The van der Waals surface area contributed by atoms with Crippen molar-refractivity contribution in [1.29, 1.82) is 0 Å². The van der Waals surface area contributed by atoms with Crippen LogP contribution in [0, 0.1) is 0 Å². The summed E-state index contributed by atoms with van der Waals surface area (Å²) in [6.07, 6.45) is 3.47. The van der Waals surface area contributed by atoms with Crippen molar-refractivity contribution >= 4 is 23.6 Å². The molecule has 0 unspecified atom stereocenters. The van der Waals surface area contributed by atoms with Crippen LogP contribution in [0.15, 0.2) is 59.9 Å². The summed E-state index contributed by atoms with van der Waals surface area (Å²) in [6.45, 7) is 0.237. The second-order valence-corrected chi connectivity index (χ2v) is 6.78. The number of hydrogen-bond acceptors (Lipinski definition) is 6. The zero-order valence-corrected chi connectivity index (χ0v) is 17.2. The van der Waals surface area contributed by atoms with E-state index in [4.69, 9.17) is 9.47 Å². The number of imidazole rings is 1. The maximum atomic E-state index is 12.8. The molecule has 0 aliphatic rings. The zero-order chi connectivity index (χ0) is 20.8. The molecule has 0 fully saturated rings. The van der Waals surface area contributed by atoms with Gasteiger partial charge in [0.25, 0.3) is 5.91 Å². The van der Waals surface area contributed by atoms with E-state index in [2.05, 4.69) is 10.3 Å². The molecule has 0 saturated heterocycles. The van der Waals surface area contributed by atoms with Crippen LogP contribution in [0.4, 0.5) is 0 Å². The largest absolute Gasteiger partial charge is 0.496 e. The van der Waals surface area contributed by atoms with Crippen molar-refractivity contribution in [1.82, 2.24) is 14.9 Å². The van der Waals surface area contributed by atoms with Gasteiger partial charge < -0.3 is 14.8 Å². The van der Waals surface area contributed by atoms with E-state index in [1.165, 1.54) is 26.0 Å². The van der Waals surface area contributed by atoms with Gasteiger partial charge in [0.2, 0.25) is 0 Å². The summed E-state index contributed by atoms with van der Waals surface area (Å²) in [5, 5.41) is 3.60. The van der Waals surface area contributed by atoms with Crippen LogP contribution in [0.1, 0.15) is 26.4 Å². The van der Waals surface area contributed by atoms with Gasteiger partial charge in [-0.15, -0.1) is 0 Å². The molecule has 0 aliphatic heterocycles. The predicted octanol–water partition coefficient (Wildman–Crippen LogP) is 3.32. The highest BCUT2D eigenvalue weighted by Crippen LogP contribution is 2.23. The van der Waals surface area contributed by atoms with Crippen molar-refractivity contribution in [2.75, 3.05) is 20.5 Å². The minimum atomic E-state index is -0.498. The summed E-state index contributed by atoms with van der Waals surface area (Å²) in [5.74, 6) is -0.349. The number of methoxy groups -OCH3 is 2. The molecule has 1 amide bonds. The van der Waals surface area contributed by atoms with Crippen LogP contribution in [0.2, 0.25) is 0 Å². The van der Waals surface area contributed by atoms with Gasteiger partial charge in [-0.2, -0.15) is 0 Å². The summed E-state index contributed by atoms with van der Waals surface area (Å²) < 4.78 is 11.8. The Kier molecular flexibility index (Phi) is 6.56. The third-order valence-corrected chi connectivity index (χ3v) is 4.93. The summed E-state index contributed by atoms with van der Waals surface area (Å²) in [5.41, 5.74) is 2.34. The van der Waals surface area contributed by atoms with Crippen LogP contribution < -0.4 is 10.1 Å². The van der Waals surface area contributed by atoms with E-state index < -0.39 is 5.97 Å². The van der Waals surface area contributed by atoms with Crippen molar-refractivity contribution in [3.8, 4) is 11.4 Å². The lowest BCUT2D eigenvalue weighted by atomic mass is 10.1. The number of benzene rings is 2. The van der Waals surface area contributed by atoms with Gasteiger partial charge in [0.1, 0.15) is 17.0 Å². The maximum absolute atomic E-state index is 12.8. The fraction of sp³-hybridized carbons (Fsp3) is 0.190. The molecule has 1 aromatic heterocycles. The van der Waals surface area contributed by atoms with Crippen LogP contribution in [-0.4, -0.2) is 41.9 Å². The highest BCUT2D eigenvalue weighted by atomic mass is 32.2. The lowest BCUT2D eigenvalue weighted by Gasteiger charge is -2.12. The number of rotatable bonds is 7. The molecule has 3 rings (SSSR count).